The van der Waals surface area contributed by atoms with E-state index < -0.39 is 0 Å². The molecule has 26 heavy (non-hydrogen) atoms. The zero-order chi connectivity index (χ0) is 18.4. The van der Waals surface area contributed by atoms with Gasteiger partial charge in [0.1, 0.15) is 10.0 Å². The number of nitrogens with zero attached hydrogens (tertiary/aromatic N) is 5. The molecule has 3 rings (SSSR count). The van der Waals surface area contributed by atoms with Gasteiger partial charge in [-0.3, -0.25) is 4.98 Å². The summed E-state index contributed by atoms with van der Waals surface area (Å²) >= 11 is 1.58. The molecule has 0 atom stereocenters. The highest BCUT2D eigenvalue weighted by molar-refractivity contribution is 7.11. The molecule has 1 aliphatic rings. The minimum absolute atomic E-state index is 0.00222. The van der Waals surface area contributed by atoms with Crippen LogP contribution >= 0.6 is 11.3 Å². The second-order valence-corrected chi connectivity index (χ2v) is 7.98. The zero-order valence-electron chi connectivity index (χ0n) is 15.4. The number of pyridine rings is 1. The fourth-order valence-electron chi connectivity index (χ4n) is 3.17. The molecule has 1 aliphatic heterocycles. The number of hydrogen-bond acceptors (Lipinski definition) is 6. The topological polar surface area (TPSA) is 74.2 Å². The van der Waals surface area contributed by atoms with Gasteiger partial charge in [0.2, 0.25) is 0 Å². The lowest BCUT2D eigenvalue weighted by atomic mass is 10.0. The van der Waals surface area contributed by atoms with Gasteiger partial charge in [-0.25, -0.2) is 4.79 Å². The van der Waals surface area contributed by atoms with Crippen LogP contribution in [0.25, 0.3) is 0 Å². The van der Waals surface area contributed by atoms with Gasteiger partial charge in [0, 0.05) is 37.9 Å². The van der Waals surface area contributed by atoms with E-state index in [-0.39, 0.29) is 12.1 Å². The number of nitrogens with one attached hydrogen (secondary N) is 1. The smallest absolute Gasteiger partial charge is 0.317 e. The summed E-state index contributed by atoms with van der Waals surface area (Å²) in [4.78, 5) is 21.2. The van der Waals surface area contributed by atoms with Crippen molar-refractivity contribution in [3.05, 3.63) is 40.1 Å². The van der Waals surface area contributed by atoms with E-state index in [0.29, 0.717) is 19.5 Å². The minimum atomic E-state index is -0.00222. The van der Waals surface area contributed by atoms with Gasteiger partial charge in [-0.1, -0.05) is 0 Å². The van der Waals surface area contributed by atoms with Crippen LogP contribution < -0.4 is 5.32 Å². The van der Waals surface area contributed by atoms with Crippen molar-refractivity contribution in [2.45, 2.75) is 38.8 Å². The monoisotopic (exact) mass is 374 g/mol. The van der Waals surface area contributed by atoms with Gasteiger partial charge in [0.25, 0.3) is 0 Å². The Morgan fingerprint density at radius 2 is 2.04 bits per heavy atom. The Kier molecular flexibility index (Phi) is 6.51. The number of likely N-dealkylation sites (tertiary alicyclic amines) is 1. The summed E-state index contributed by atoms with van der Waals surface area (Å²) in [5.74, 6) is 0. The molecule has 7 nitrogen and oxygen atoms in total. The third-order valence-corrected chi connectivity index (χ3v) is 5.57. The first kappa shape index (κ1) is 18.7. The second-order valence-electron chi connectivity index (χ2n) is 6.71. The summed E-state index contributed by atoms with van der Waals surface area (Å²) in [5.41, 5.74) is 1.11. The Labute approximate surface area is 158 Å². The Hall–Kier alpha value is -2.06. The quantitative estimate of drug-likeness (QED) is 0.838. The normalized spacial score (nSPS) is 15.8. The molecular weight excluding hydrogens is 348 g/mol. The summed E-state index contributed by atoms with van der Waals surface area (Å²) in [6.07, 6.45) is 6.28. The fraction of sp³-hybridized carbons (Fsp3) is 0.556. The molecule has 0 aromatic carbocycles. The number of urea groups is 1. The van der Waals surface area contributed by atoms with Gasteiger partial charge < -0.3 is 15.1 Å². The van der Waals surface area contributed by atoms with Crippen molar-refractivity contribution in [2.24, 2.45) is 0 Å². The molecule has 8 heteroatoms. The number of carbonyl (C=O) groups excluding carboxylic acids is 1. The average Bonchev–Trinajstić information content (AvgIpc) is 3.06. The van der Waals surface area contributed by atoms with Crippen molar-refractivity contribution in [2.75, 3.05) is 26.7 Å². The number of aromatic nitrogens is 3. The lowest BCUT2D eigenvalue weighted by molar-refractivity contribution is 0.127. The van der Waals surface area contributed by atoms with Gasteiger partial charge >= 0.3 is 6.03 Å². The van der Waals surface area contributed by atoms with Crippen LogP contribution in [-0.4, -0.2) is 63.7 Å². The predicted octanol–water partition coefficient (Wildman–Crippen LogP) is 2.09. The molecular formula is C18H26N6OS. The lowest BCUT2D eigenvalue weighted by Crippen LogP contribution is -2.50. The predicted molar refractivity (Wildman–Crippen MR) is 102 cm³/mol. The van der Waals surface area contributed by atoms with Crippen LogP contribution in [0.1, 0.15) is 28.4 Å². The van der Waals surface area contributed by atoms with Crippen molar-refractivity contribution in [1.29, 1.82) is 0 Å². The Balaban J connectivity index is 1.60. The summed E-state index contributed by atoms with van der Waals surface area (Å²) in [7, 11) is 2.13. The van der Waals surface area contributed by atoms with Crippen LogP contribution in [0.4, 0.5) is 4.79 Å². The van der Waals surface area contributed by atoms with E-state index >= 15 is 0 Å². The lowest BCUT2D eigenvalue weighted by Gasteiger charge is -2.37. The van der Waals surface area contributed by atoms with E-state index in [4.69, 9.17) is 0 Å². The molecule has 3 heterocycles. The van der Waals surface area contributed by atoms with E-state index in [2.05, 4.69) is 32.4 Å². The van der Waals surface area contributed by atoms with Crippen molar-refractivity contribution >= 4 is 17.4 Å². The van der Waals surface area contributed by atoms with Gasteiger partial charge in [0.05, 0.1) is 0 Å². The van der Waals surface area contributed by atoms with Gasteiger partial charge in [-0.05, 0) is 57.6 Å². The standard InChI is InChI=1S/C18H26N6OS/c1-14-21-22-17(26-14)5-10-20-18(25)24(13-15-3-8-19-9-4-15)16-6-11-23(2)12-7-16/h3-4,8-9,16H,5-7,10-13H2,1-2H3,(H,20,25). The van der Waals surface area contributed by atoms with Gasteiger partial charge in [0.15, 0.2) is 0 Å². The maximum atomic E-state index is 12.9. The maximum absolute atomic E-state index is 12.9. The summed E-state index contributed by atoms with van der Waals surface area (Å²) in [5, 5.41) is 13.1. The number of carbonyl (C=O) groups is 1. The fourth-order valence-corrected chi connectivity index (χ4v) is 3.88. The highest BCUT2D eigenvalue weighted by Gasteiger charge is 2.27. The molecule has 1 saturated heterocycles. The molecule has 140 valence electrons. The molecule has 0 aliphatic carbocycles. The second kappa shape index (κ2) is 9.05. The first-order chi connectivity index (χ1) is 12.6. The van der Waals surface area contributed by atoms with Crippen LogP contribution in [0.2, 0.25) is 0 Å². The summed E-state index contributed by atoms with van der Waals surface area (Å²) < 4.78 is 0. The molecule has 2 aromatic rings. The third-order valence-electron chi connectivity index (χ3n) is 4.67. The zero-order valence-corrected chi connectivity index (χ0v) is 16.2. The molecule has 0 saturated carbocycles. The van der Waals surface area contributed by atoms with E-state index in [1.54, 1.807) is 23.7 Å². The van der Waals surface area contributed by atoms with Crippen molar-refractivity contribution in [1.82, 2.24) is 30.3 Å². The van der Waals surface area contributed by atoms with Crippen molar-refractivity contribution in [3.8, 4) is 0 Å². The largest absolute Gasteiger partial charge is 0.338 e. The van der Waals surface area contributed by atoms with Gasteiger partial charge in [-0.15, -0.1) is 21.5 Å². The first-order valence-electron chi connectivity index (χ1n) is 9.02. The van der Waals surface area contributed by atoms with Crippen LogP contribution in [0.3, 0.4) is 0 Å². The van der Waals surface area contributed by atoms with Crippen LogP contribution in [0.5, 0.6) is 0 Å². The average molecular weight is 375 g/mol. The van der Waals surface area contributed by atoms with E-state index in [0.717, 1.165) is 41.5 Å². The number of amides is 2. The third kappa shape index (κ3) is 5.22. The summed E-state index contributed by atoms with van der Waals surface area (Å²) in [6, 6.07) is 4.21. The maximum Gasteiger partial charge on any atom is 0.317 e. The molecule has 1 fully saturated rings. The minimum Gasteiger partial charge on any atom is -0.338 e. The molecule has 2 amide bonds. The number of hydrogen-bond donors (Lipinski definition) is 1. The Morgan fingerprint density at radius 1 is 1.31 bits per heavy atom. The molecule has 0 radical (unpaired) electrons. The SMILES string of the molecule is Cc1nnc(CCNC(=O)N(Cc2ccncc2)C2CCN(C)CC2)s1. The van der Waals surface area contributed by atoms with E-state index in [9.17, 15) is 4.79 Å². The van der Waals surface area contributed by atoms with Gasteiger partial charge in [-0.2, -0.15) is 0 Å². The number of aryl methyl sites for hydroxylation is 1. The highest BCUT2D eigenvalue weighted by Crippen LogP contribution is 2.18. The van der Waals surface area contributed by atoms with Crippen LogP contribution in [0, 0.1) is 6.92 Å². The van der Waals surface area contributed by atoms with E-state index in [1.165, 1.54) is 0 Å². The first-order valence-corrected chi connectivity index (χ1v) is 9.84. The summed E-state index contributed by atoms with van der Waals surface area (Å²) in [6.45, 7) is 5.17. The number of piperidine rings is 1. The molecule has 0 spiro atoms. The van der Waals surface area contributed by atoms with Crippen molar-refractivity contribution < 1.29 is 4.79 Å². The van der Waals surface area contributed by atoms with Crippen LogP contribution in [0.15, 0.2) is 24.5 Å². The number of rotatable bonds is 6. The highest BCUT2D eigenvalue weighted by atomic mass is 32.1. The van der Waals surface area contributed by atoms with Crippen molar-refractivity contribution in [3.63, 3.8) is 0 Å². The Bertz CT molecular complexity index is 699. The molecule has 0 unspecified atom stereocenters. The molecule has 1 N–H and O–H groups in total. The van der Waals surface area contributed by atoms with Crippen LogP contribution in [-0.2, 0) is 13.0 Å². The Morgan fingerprint density at radius 3 is 2.69 bits per heavy atom. The van der Waals surface area contributed by atoms with E-state index in [1.807, 2.05) is 24.0 Å². The molecule has 2 aromatic heterocycles. The molecule has 0 bridgehead atoms.